The van der Waals surface area contributed by atoms with Crippen LogP contribution in [-0.2, 0) is 4.79 Å². The van der Waals surface area contributed by atoms with E-state index in [0.717, 1.165) is 13.1 Å². The molecule has 4 nitrogen and oxygen atoms in total. The molecule has 1 amide bonds. The SMILES string of the molecule is CN1CCN(CO)CC1=O. The van der Waals surface area contributed by atoms with Crippen molar-refractivity contribution in [3.63, 3.8) is 0 Å². The summed E-state index contributed by atoms with van der Waals surface area (Å²) in [5.41, 5.74) is 0. The van der Waals surface area contributed by atoms with Crippen molar-refractivity contribution in [3.8, 4) is 0 Å². The quantitative estimate of drug-likeness (QED) is 0.498. The van der Waals surface area contributed by atoms with Gasteiger partial charge >= 0.3 is 0 Å². The van der Waals surface area contributed by atoms with Gasteiger partial charge in [-0.25, -0.2) is 0 Å². The molecule has 1 N–H and O–H groups in total. The molecule has 10 heavy (non-hydrogen) atoms. The number of piperazine rings is 1. The highest BCUT2D eigenvalue weighted by Crippen LogP contribution is 1.98. The van der Waals surface area contributed by atoms with Gasteiger partial charge in [-0.1, -0.05) is 0 Å². The van der Waals surface area contributed by atoms with Crippen LogP contribution in [-0.4, -0.2) is 54.2 Å². The van der Waals surface area contributed by atoms with E-state index in [1.54, 1.807) is 16.8 Å². The molecule has 1 saturated heterocycles. The third kappa shape index (κ3) is 1.46. The number of carbonyl (C=O) groups excluding carboxylic acids is 1. The molecule has 0 aliphatic carbocycles. The molecule has 0 radical (unpaired) electrons. The monoisotopic (exact) mass is 144 g/mol. The molecule has 0 aromatic heterocycles. The number of hydrogen-bond acceptors (Lipinski definition) is 3. The molecule has 0 unspecified atom stereocenters. The van der Waals surface area contributed by atoms with Crippen LogP contribution in [0.2, 0.25) is 0 Å². The molecule has 1 rings (SSSR count). The molecular formula is C6H12N2O2. The average molecular weight is 144 g/mol. The highest BCUT2D eigenvalue weighted by molar-refractivity contribution is 5.78. The van der Waals surface area contributed by atoms with Crippen molar-refractivity contribution in [2.75, 3.05) is 33.4 Å². The maximum Gasteiger partial charge on any atom is 0.236 e. The van der Waals surface area contributed by atoms with Crippen LogP contribution in [0.1, 0.15) is 0 Å². The summed E-state index contributed by atoms with van der Waals surface area (Å²) in [4.78, 5) is 14.3. The minimum absolute atomic E-state index is 0.0143. The van der Waals surface area contributed by atoms with Gasteiger partial charge in [0.05, 0.1) is 13.3 Å². The van der Waals surface area contributed by atoms with Crippen molar-refractivity contribution in [2.45, 2.75) is 0 Å². The van der Waals surface area contributed by atoms with Crippen LogP contribution in [0, 0.1) is 0 Å². The second-order valence-electron chi connectivity index (χ2n) is 2.51. The van der Waals surface area contributed by atoms with E-state index in [1.165, 1.54) is 0 Å². The highest BCUT2D eigenvalue weighted by atomic mass is 16.3. The van der Waals surface area contributed by atoms with E-state index in [4.69, 9.17) is 5.11 Å². The van der Waals surface area contributed by atoms with Gasteiger partial charge in [-0.15, -0.1) is 0 Å². The lowest BCUT2D eigenvalue weighted by atomic mass is 10.3. The van der Waals surface area contributed by atoms with Gasteiger partial charge in [-0.3, -0.25) is 9.69 Å². The summed E-state index contributed by atoms with van der Waals surface area (Å²) in [6.07, 6.45) is 0. The van der Waals surface area contributed by atoms with E-state index in [0.29, 0.717) is 6.54 Å². The zero-order chi connectivity index (χ0) is 7.56. The molecule has 1 aliphatic rings. The fourth-order valence-electron chi connectivity index (χ4n) is 0.928. The molecule has 0 bridgehead atoms. The number of aliphatic hydroxyl groups excluding tert-OH is 1. The molecule has 0 atom stereocenters. The normalized spacial score (nSPS) is 21.8. The number of likely N-dealkylation sites (N-methyl/N-ethyl adjacent to an activating group) is 1. The van der Waals surface area contributed by atoms with Crippen molar-refractivity contribution in [3.05, 3.63) is 0 Å². The van der Waals surface area contributed by atoms with Crippen molar-refractivity contribution in [1.29, 1.82) is 0 Å². The molecule has 0 saturated carbocycles. The molecule has 1 aliphatic heterocycles. The second-order valence-corrected chi connectivity index (χ2v) is 2.51. The van der Waals surface area contributed by atoms with Crippen LogP contribution in [0.5, 0.6) is 0 Å². The van der Waals surface area contributed by atoms with E-state index in [-0.39, 0.29) is 12.6 Å². The van der Waals surface area contributed by atoms with Gasteiger partial charge in [-0.2, -0.15) is 0 Å². The summed E-state index contributed by atoms with van der Waals surface area (Å²) in [5.74, 6) is 0.0836. The van der Waals surface area contributed by atoms with Gasteiger partial charge in [0, 0.05) is 20.1 Å². The number of hydrogen-bond donors (Lipinski definition) is 1. The van der Waals surface area contributed by atoms with Crippen molar-refractivity contribution in [2.24, 2.45) is 0 Å². The first-order valence-electron chi connectivity index (χ1n) is 3.31. The van der Waals surface area contributed by atoms with Gasteiger partial charge in [0.1, 0.15) is 0 Å². The molecule has 1 fully saturated rings. The number of nitrogens with zero attached hydrogens (tertiary/aromatic N) is 2. The summed E-state index contributed by atoms with van der Waals surface area (Å²) in [7, 11) is 1.77. The molecule has 4 heteroatoms. The minimum Gasteiger partial charge on any atom is -0.381 e. The van der Waals surface area contributed by atoms with Crippen LogP contribution in [0.25, 0.3) is 0 Å². The average Bonchev–Trinajstić information content (AvgIpc) is 1.95. The predicted molar refractivity (Wildman–Crippen MR) is 36.3 cm³/mol. The fraction of sp³-hybridized carbons (Fsp3) is 0.833. The Balaban J connectivity index is 2.41. The Kier molecular flexibility index (Phi) is 2.24. The van der Waals surface area contributed by atoms with E-state index < -0.39 is 0 Å². The van der Waals surface area contributed by atoms with Crippen LogP contribution in [0.15, 0.2) is 0 Å². The number of carbonyl (C=O) groups is 1. The van der Waals surface area contributed by atoms with Crippen molar-refractivity contribution < 1.29 is 9.90 Å². The number of aliphatic hydroxyl groups is 1. The molecule has 0 aromatic rings. The Morgan fingerprint density at radius 2 is 2.30 bits per heavy atom. The topological polar surface area (TPSA) is 43.8 Å². The van der Waals surface area contributed by atoms with E-state index >= 15 is 0 Å². The van der Waals surface area contributed by atoms with Gasteiger partial charge in [0.15, 0.2) is 0 Å². The predicted octanol–water partition coefficient (Wildman–Crippen LogP) is -1.29. The largest absolute Gasteiger partial charge is 0.381 e. The van der Waals surface area contributed by atoms with Crippen molar-refractivity contribution in [1.82, 2.24) is 9.80 Å². The zero-order valence-electron chi connectivity index (χ0n) is 6.08. The first kappa shape index (κ1) is 7.50. The molecule has 0 aromatic carbocycles. The summed E-state index contributed by atoms with van der Waals surface area (Å²) in [6, 6.07) is 0. The van der Waals surface area contributed by atoms with Crippen LogP contribution in [0.4, 0.5) is 0 Å². The van der Waals surface area contributed by atoms with Gasteiger partial charge in [0.25, 0.3) is 0 Å². The lowest BCUT2D eigenvalue weighted by Gasteiger charge is -2.30. The first-order chi connectivity index (χ1) is 4.74. The van der Waals surface area contributed by atoms with Crippen LogP contribution in [0.3, 0.4) is 0 Å². The van der Waals surface area contributed by atoms with Crippen LogP contribution < -0.4 is 0 Å². The summed E-state index contributed by atoms with van der Waals surface area (Å²) in [6.45, 7) is 1.84. The maximum absolute atomic E-state index is 10.9. The lowest BCUT2D eigenvalue weighted by molar-refractivity contribution is -0.136. The van der Waals surface area contributed by atoms with E-state index in [9.17, 15) is 4.79 Å². The minimum atomic E-state index is -0.0143. The van der Waals surface area contributed by atoms with Gasteiger partial charge in [0.2, 0.25) is 5.91 Å². The lowest BCUT2D eigenvalue weighted by Crippen LogP contribution is -2.48. The van der Waals surface area contributed by atoms with Gasteiger partial charge in [-0.05, 0) is 0 Å². The molecule has 0 spiro atoms. The highest BCUT2D eigenvalue weighted by Gasteiger charge is 2.19. The molecule has 1 heterocycles. The Bertz CT molecular complexity index is 138. The third-order valence-corrected chi connectivity index (χ3v) is 1.74. The Morgan fingerprint density at radius 3 is 2.80 bits per heavy atom. The van der Waals surface area contributed by atoms with E-state index in [2.05, 4.69) is 0 Å². The van der Waals surface area contributed by atoms with Gasteiger partial charge < -0.3 is 10.0 Å². The smallest absolute Gasteiger partial charge is 0.236 e. The maximum atomic E-state index is 10.9. The standard InChI is InChI=1S/C6H12N2O2/c1-7-2-3-8(5-9)4-6(7)10/h9H,2-5H2,1H3. The summed E-state index contributed by atoms with van der Waals surface area (Å²) < 4.78 is 0. The third-order valence-electron chi connectivity index (χ3n) is 1.74. The molecule has 58 valence electrons. The zero-order valence-corrected chi connectivity index (χ0v) is 6.08. The number of rotatable bonds is 1. The Hall–Kier alpha value is -0.610. The van der Waals surface area contributed by atoms with Crippen LogP contribution >= 0.6 is 0 Å². The first-order valence-corrected chi connectivity index (χ1v) is 3.31. The summed E-state index contributed by atoms with van der Waals surface area (Å²) >= 11 is 0. The fourth-order valence-corrected chi connectivity index (χ4v) is 0.928. The Morgan fingerprint density at radius 1 is 1.60 bits per heavy atom. The van der Waals surface area contributed by atoms with Crippen molar-refractivity contribution >= 4 is 5.91 Å². The number of amides is 1. The Labute approximate surface area is 60.0 Å². The second kappa shape index (κ2) is 2.98. The van der Waals surface area contributed by atoms with E-state index in [1.807, 2.05) is 0 Å². The summed E-state index contributed by atoms with van der Waals surface area (Å²) in [5, 5.41) is 8.65. The molecular weight excluding hydrogens is 132 g/mol.